The molecule has 2 aromatic rings. The van der Waals surface area contributed by atoms with Crippen LogP contribution in [0.25, 0.3) is 0 Å². The normalized spacial score (nSPS) is 19.9. The number of ether oxygens (including phenoxy) is 1. The Labute approximate surface area is 198 Å². The highest BCUT2D eigenvalue weighted by atomic mass is 19.1. The molecule has 0 unspecified atom stereocenters. The molecule has 0 bridgehead atoms. The van der Waals surface area contributed by atoms with Crippen LogP contribution < -0.4 is 15.4 Å². The van der Waals surface area contributed by atoms with Gasteiger partial charge in [-0.15, -0.1) is 0 Å². The quantitative estimate of drug-likeness (QED) is 0.722. The van der Waals surface area contributed by atoms with E-state index in [1.165, 1.54) is 11.0 Å². The predicted molar refractivity (Wildman–Crippen MR) is 126 cm³/mol. The third-order valence-corrected chi connectivity index (χ3v) is 6.48. The Hall–Kier alpha value is -3.42. The van der Waals surface area contributed by atoms with Crippen molar-refractivity contribution in [1.29, 1.82) is 0 Å². The van der Waals surface area contributed by atoms with Crippen LogP contribution in [-0.4, -0.2) is 42.8 Å². The summed E-state index contributed by atoms with van der Waals surface area (Å²) in [6.45, 7) is 6.35. The van der Waals surface area contributed by atoms with E-state index in [1.807, 2.05) is 26.8 Å². The summed E-state index contributed by atoms with van der Waals surface area (Å²) in [5.41, 5.74) is 2.11. The van der Waals surface area contributed by atoms with E-state index in [9.17, 15) is 18.8 Å². The number of fused-ring (bicyclic) bond motifs is 1. The van der Waals surface area contributed by atoms with Crippen molar-refractivity contribution in [2.24, 2.45) is 5.92 Å². The summed E-state index contributed by atoms with van der Waals surface area (Å²) in [4.78, 5) is 40.1. The molecule has 0 saturated carbocycles. The molecule has 2 N–H and O–H groups in total. The molecular formula is C26H30FN3O4. The van der Waals surface area contributed by atoms with Crippen LogP contribution in [-0.2, 0) is 26.2 Å². The first-order valence-electron chi connectivity index (χ1n) is 11.4. The molecule has 4 rings (SSSR count). The van der Waals surface area contributed by atoms with Crippen molar-refractivity contribution in [3.63, 3.8) is 0 Å². The molecule has 0 spiro atoms. The van der Waals surface area contributed by atoms with Gasteiger partial charge in [-0.1, -0.05) is 32.9 Å². The third-order valence-electron chi connectivity index (χ3n) is 6.48. The zero-order chi connectivity index (χ0) is 24.6. The minimum atomic E-state index is -0.900. The van der Waals surface area contributed by atoms with Crippen molar-refractivity contribution in [3.8, 4) is 5.75 Å². The molecule has 2 aliphatic heterocycles. The van der Waals surface area contributed by atoms with E-state index >= 15 is 0 Å². The van der Waals surface area contributed by atoms with Gasteiger partial charge in [-0.3, -0.25) is 14.4 Å². The fourth-order valence-corrected chi connectivity index (χ4v) is 4.68. The average molecular weight is 468 g/mol. The molecule has 180 valence electrons. The second kappa shape index (κ2) is 9.08. The molecule has 2 atom stereocenters. The largest absolute Gasteiger partial charge is 0.497 e. The van der Waals surface area contributed by atoms with E-state index in [2.05, 4.69) is 10.6 Å². The minimum absolute atomic E-state index is 0.110. The van der Waals surface area contributed by atoms with Gasteiger partial charge in [-0.05, 0) is 52.8 Å². The number of hydrogen-bond acceptors (Lipinski definition) is 4. The van der Waals surface area contributed by atoms with Crippen LogP contribution in [0, 0.1) is 11.7 Å². The lowest BCUT2D eigenvalue weighted by Gasteiger charge is -2.37. The lowest BCUT2D eigenvalue weighted by atomic mass is 9.86. The van der Waals surface area contributed by atoms with Crippen LogP contribution in [0.3, 0.4) is 0 Å². The molecular weight excluding hydrogens is 437 g/mol. The van der Waals surface area contributed by atoms with Crippen molar-refractivity contribution in [3.05, 3.63) is 58.9 Å². The van der Waals surface area contributed by atoms with Crippen molar-refractivity contribution >= 4 is 23.4 Å². The number of hydrogen-bond donors (Lipinski definition) is 2. The number of carbonyl (C=O) groups is 3. The molecule has 3 amide bonds. The Morgan fingerprint density at radius 3 is 2.56 bits per heavy atom. The van der Waals surface area contributed by atoms with E-state index in [0.29, 0.717) is 35.5 Å². The van der Waals surface area contributed by atoms with Gasteiger partial charge in [0.2, 0.25) is 11.8 Å². The van der Waals surface area contributed by atoms with E-state index in [4.69, 9.17) is 4.74 Å². The molecule has 2 aromatic carbocycles. The highest BCUT2D eigenvalue weighted by Crippen LogP contribution is 2.35. The van der Waals surface area contributed by atoms with Gasteiger partial charge in [-0.2, -0.15) is 0 Å². The topological polar surface area (TPSA) is 87.7 Å². The van der Waals surface area contributed by atoms with Gasteiger partial charge >= 0.3 is 0 Å². The Bertz CT molecular complexity index is 1140. The van der Waals surface area contributed by atoms with Crippen LogP contribution in [0.4, 0.5) is 10.1 Å². The first-order chi connectivity index (χ1) is 16.1. The average Bonchev–Trinajstić information content (AvgIpc) is 3.22. The Morgan fingerprint density at radius 2 is 1.94 bits per heavy atom. The van der Waals surface area contributed by atoms with Crippen LogP contribution >= 0.6 is 0 Å². The second-order valence-electron chi connectivity index (χ2n) is 9.89. The molecule has 8 heteroatoms. The maximum atomic E-state index is 14.7. The van der Waals surface area contributed by atoms with Crippen molar-refractivity contribution < 1.29 is 23.5 Å². The first-order valence-corrected chi connectivity index (χ1v) is 11.4. The minimum Gasteiger partial charge on any atom is -0.497 e. The van der Waals surface area contributed by atoms with Crippen LogP contribution in [0.15, 0.2) is 36.4 Å². The lowest BCUT2D eigenvalue weighted by molar-refractivity contribution is -0.142. The fourth-order valence-electron chi connectivity index (χ4n) is 4.68. The number of nitrogens with one attached hydrogen (secondary N) is 2. The molecule has 1 saturated heterocycles. The summed E-state index contributed by atoms with van der Waals surface area (Å²) in [5.74, 6) is -1.08. The van der Waals surface area contributed by atoms with Crippen molar-refractivity contribution in [2.45, 2.75) is 45.1 Å². The number of anilines is 1. The second-order valence-corrected chi connectivity index (χ2v) is 9.89. The number of methoxy groups -OCH3 is 1. The smallest absolute Gasteiger partial charge is 0.251 e. The standard InChI is InChI=1S/C26H30FN3O4/c1-26(2,3)20-8-5-17(13-21(20)27)29-24(32)23-19-7-6-18(34-4)11-15(19)9-10-30(23)25(33)16-12-22(31)28-14-16/h5-8,11,13,16,23H,9-10,12,14H2,1-4H3,(H,28,31)(H,29,32)/t16-,23-/m1/s1. The third kappa shape index (κ3) is 4.62. The zero-order valence-corrected chi connectivity index (χ0v) is 19.9. The van der Waals surface area contributed by atoms with Gasteiger partial charge in [-0.25, -0.2) is 4.39 Å². The van der Waals surface area contributed by atoms with Crippen molar-refractivity contribution in [1.82, 2.24) is 10.2 Å². The number of amides is 3. The summed E-state index contributed by atoms with van der Waals surface area (Å²) >= 11 is 0. The first kappa shape index (κ1) is 23.7. The number of rotatable bonds is 4. The van der Waals surface area contributed by atoms with Crippen LogP contribution in [0.2, 0.25) is 0 Å². The molecule has 0 aromatic heterocycles. The zero-order valence-electron chi connectivity index (χ0n) is 19.9. The maximum absolute atomic E-state index is 14.7. The number of halogens is 1. The molecule has 0 aliphatic carbocycles. The Morgan fingerprint density at radius 1 is 1.18 bits per heavy atom. The summed E-state index contributed by atoms with van der Waals surface area (Å²) in [5, 5.41) is 5.48. The summed E-state index contributed by atoms with van der Waals surface area (Å²) in [6.07, 6.45) is 0.670. The van der Waals surface area contributed by atoms with Gasteiger partial charge in [0.25, 0.3) is 5.91 Å². The Kier molecular flexibility index (Phi) is 6.34. The summed E-state index contributed by atoms with van der Waals surface area (Å²) in [6, 6.07) is 9.17. The van der Waals surface area contributed by atoms with Gasteiger partial charge < -0.3 is 20.3 Å². The van der Waals surface area contributed by atoms with E-state index < -0.39 is 23.7 Å². The summed E-state index contributed by atoms with van der Waals surface area (Å²) in [7, 11) is 1.57. The number of benzene rings is 2. The molecule has 7 nitrogen and oxygen atoms in total. The van der Waals surface area contributed by atoms with Crippen molar-refractivity contribution in [2.75, 3.05) is 25.5 Å². The molecule has 2 aliphatic rings. The monoisotopic (exact) mass is 467 g/mol. The molecule has 1 fully saturated rings. The van der Waals surface area contributed by atoms with E-state index in [1.54, 1.807) is 31.4 Å². The van der Waals surface area contributed by atoms with E-state index in [0.717, 1.165) is 5.56 Å². The van der Waals surface area contributed by atoms with Gasteiger partial charge in [0.05, 0.1) is 13.0 Å². The SMILES string of the molecule is COc1ccc2c(c1)CCN(C(=O)[C@H]1CNC(=O)C1)[C@H]2C(=O)Nc1ccc(C(C)(C)C)c(F)c1. The number of nitrogens with zero attached hydrogens (tertiary/aromatic N) is 1. The van der Waals surface area contributed by atoms with Gasteiger partial charge in [0.15, 0.2) is 0 Å². The summed E-state index contributed by atoms with van der Waals surface area (Å²) < 4.78 is 20.1. The maximum Gasteiger partial charge on any atom is 0.251 e. The van der Waals surface area contributed by atoms with Gasteiger partial charge in [0, 0.05) is 25.2 Å². The fraction of sp³-hybridized carbons (Fsp3) is 0.423. The Balaban J connectivity index is 1.66. The van der Waals surface area contributed by atoms with E-state index in [-0.39, 0.29) is 30.2 Å². The van der Waals surface area contributed by atoms with Crippen LogP contribution in [0.1, 0.15) is 49.9 Å². The molecule has 34 heavy (non-hydrogen) atoms. The number of carbonyl (C=O) groups excluding carboxylic acids is 3. The highest BCUT2D eigenvalue weighted by molar-refractivity contribution is 5.99. The molecule has 0 radical (unpaired) electrons. The highest BCUT2D eigenvalue weighted by Gasteiger charge is 2.40. The lowest BCUT2D eigenvalue weighted by Crippen LogP contribution is -2.48. The van der Waals surface area contributed by atoms with Gasteiger partial charge in [0.1, 0.15) is 17.6 Å². The van der Waals surface area contributed by atoms with Crippen LogP contribution in [0.5, 0.6) is 5.75 Å². The predicted octanol–water partition coefficient (Wildman–Crippen LogP) is 3.33. The molecule has 2 heterocycles.